The fourth-order valence-corrected chi connectivity index (χ4v) is 2.82. The van der Waals surface area contributed by atoms with Crippen molar-refractivity contribution < 1.29 is 19.2 Å². The summed E-state index contributed by atoms with van der Waals surface area (Å²) in [6, 6.07) is 5.56. The summed E-state index contributed by atoms with van der Waals surface area (Å²) in [5.74, 6) is -1.57. The highest BCUT2D eigenvalue weighted by molar-refractivity contribution is 6.09. The van der Waals surface area contributed by atoms with Crippen LogP contribution >= 0.6 is 0 Å². The number of carbonyl (C=O) groups is 4. The summed E-state index contributed by atoms with van der Waals surface area (Å²) in [6.45, 7) is 3.76. The molecule has 2 rings (SSSR count). The van der Waals surface area contributed by atoms with Crippen molar-refractivity contribution in [2.75, 3.05) is 13.1 Å². The predicted molar refractivity (Wildman–Crippen MR) is 95.1 cm³/mol. The van der Waals surface area contributed by atoms with Crippen LogP contribution in [0.15, 0.2) is 24.3 Å². The van der Waals surface area contributed by atoms with E-state index in [1.165, 1.54) is 19.1 Å². The van der Waals surface area contributed by atoms with Crippen LogP contribution in [0.25, 0.3) is 0 Å². The van der Waals surface area contributed by atoms with Gasteiger partial charge in [0.05, 0.1) is 0 Å². The number of nitrogens with two attached hydrogens (primary N) is 1. The van der Waals surface area contributed by atoms with E-state index in [9.17, 15) is 19.2 Å². The number of urea groups is 1. The van der Waals surface area contributed by atoms with E-state index in [-0.39, 0.29) is 18.0 Å². The highest BCUT2D eigenvalue weighted by Crippen LogP contribution is 2.29. The summed E-state index contributed by atoms with van der Waals surface area (Å²) < 4.78 is 0. The number of amides is 5. The van der Waals surface area contributed by atoms with Crippen molar-refractivity contribution in [1.29, 1.82) is 0 Å². The fraction of sp³-hybridized carbons (Fsp3) is 0.444. The Morgan fingerprint density at radius 3 is 2.65 bits per heavy atom. The average molecular weight is 360 g/mol. The Morgan fingerprint density at radius 1 is 1.27 bits per heavy atom. The molecule has 26 heavy (non-hydrogen) atoms. The number of unbranched alkanes of at least 4 members (excludes halogenated alkanes) is 2. The first-order valence-corrected chi connectivity index (χ1v) is 8.60. The SMILES string of the molecule is CCCCCNC(=O)CN1C(=O)NC(C)(c2cccc(C(N)=O)c2)C1=O. The summed E-state index contributed by atoms with van der Waals surface area (Å²) in [5, 5.41) is 5.30. The molecule has 1 fully saturated rings. The summed E-state index contributed by atoms with van der Waals surface area (Å²) in [6.07, 6.45) is 2.88. The van der Waals surface area contributed by atoms with Gasteiger partial charge in [-0.25, -0.2) is 4.79 Å². The van der Waals surface area contributed by atoms with Crippen molar-refractivity contribution >= 4 is 23.8 Å². The molecule has 1 unspecified atom stereocenters. The number of benzene rings is 1. The maximum Gasteiger partial charge on any atom is 0.325 e. The van der Waals surface area contributed by atoms with E-state index in [0.29, 0.717) is 12.1 Å². The molecule has 5 amide bonds. The van der Waals surface area contributed by atoms with Crippen LogP contribution in [0, 0.1) is 0 Å². The van der Waals surface area contributed by atoms with Gasteiger partial charge in [0.15, 0.2) is 0 Å². The second kappa shape index (κ2) is 7.99. The zero-order valence-corrected chi connectivity index (χ0v) is 15.0. The molecule has 1 aromatic rings. The van der Waals surface area contributed by atoms with E-state index in [1.54, 1.807) is 12.1 Å². The molecule has 1 heterocycles. The Labute approximate surface area is 152 Å². The molecule has 0 saturated carbocycles. The molecule has 0 aromatic heterocycles. The van der Waals surface area contributed by atoms with Gasteiger partial charge in [0.1, 0.15) is 12.1 Å². The minimum absolute atomic E-state index is 0.234. The molecule has 0 radical (unpaired) electrons. The molecule has 1 atom stereocenters. The molecule has 8 nitrogen and oxygen atoms in total. The number of nitrogens with zero attached hydrogens (tertiary/aromatic N) is 1. The normalized spacial score (nSPS) is 19.4. The smallest absolute Gasteiger partial charge is 0.325 e. The second-order valence-electron chi connectivity index (χ2n) is 6.45. The topological polar surface area (TPSA) is 122 Å². The quantitative estimate of drug-likeness (QED) is 0.470. The Balaban J connectivity index is 2.11. The van der Waals surface area contributed by atoms with Crippen LogP contribution in [0.2, 0.25) is 0 Å². The molecule has 1 aliphatic heterocycles. The monoisotopic (exact) mass is 360 g/mol. The van der Waals surface area contributed by atoms with Gasteiger partial charge in [0.25, 0.3) is 5.91 Å². The van der Waals surface area contributed by atoms with Crippen LogP contribution < -0.4 is 16.4 Å². The fourth-order valence-electron chi connectivity index (χ4n) is 2.82. The molecule has 0 spiro atoms. The van der Waals surface area contributed by atoms with Crippen LogP contribution in [0.3, 0.4) is 0 Å². The van der Waals surface area contributed by atoms with E-state index in [4.69, 9.17) is 5.73 Å². The predicted octanol–water partition coefficient (Wildman–Crippen LogP) is 0.859. The highest BCUT2D eigenvalue weighted by atomic mass is 16.2. The van der Waals surface area contributed by atoms with Gasteiger partial charge in [0, 0.05) is 12.1 Å². The van der Waals surface area contributed by atoms with Crippen molar-refractivity contribution in [3.8, 4) is 0 Å². The third kappa shape index (κ3) is 4.01. The maximum absolute atomic E-state index is 12.8. The minimum Gasteiger partial charge on any atom is -0.366 e. The third-order valence-electron chi connectivity index (χ3n) is 4.40. The number of hydrogen-bond donors (Lipinski definition) is 3. The van der Waals surface area contributed by atoms with E-state index < -0.39 is 23.4 Å². The maximum atomic E-state index is 12.8. The molecule has 1 aromatic carbocycles. The summed E-state index contributed by atoms with van der Waals surface area (Å²) in [7, 11) is 0. The molecule has 1 saturated heterocycles. The Kier molecular flexibility index (Phi) is 5.97. The number of carbonyl (C=O) groups excluding carboxylic acids is 4. The summed E-state index contributed by atoms with van der Waals surface area (Å²) in [5.41, 5.74) is 4.58. The van der Waals surface area contributed by atoms with Crippen LogP contribution in [-0.4, -0.2) is 41.7 Å². The number of imide groups is 1. The van der Waals surface area contributed by atoms with Gasteiger partial charge < -0.3 is 16.4 Å². The molecular formula is C18H24N4O4. The molecule has 0 aliphatic carbocycles. The van der Waals surface area contributed by atoms with Crippen molar-refractivity contribution in [1.82, 2.24) is 15.5 Å². The average Bonchev–Trinajstić information content (AvgIpc) is 2.83. The van der Waals surface area contributed by atoms with Crippen molar-refractivity contribution in [3.05, 3.63) is 35.4 Å². The van der Waals surface area contributed by atoms with Crippen LogP contribution in [0.5, 0.6) is 0 Å². The first-order valence-electron chi connectivity index (χ1n) is 8.60. The Bertz CT molecular complexity index is 734. The lowest BCUT2D eigenvalue weighted by molar-refractivity contribution is -0.134. The standard InChI is InChI=1S/C18H24N4O4/c1-3-4-5-9-20-14(23)11-22-16(25)18(2,21-17(22)26)13-8-6-7-12(10-13)15(19)24/h6-8,10H,3-5,9,11H2,1-2H3,(H2,19,24)(H,20,23)(H,21,26). The van der Waals surface area contributed by atoms with Gasteiger partial charge in [-0.05, 0) is 31.0 Å². The number of rotatable bonds is 8. The van der Waals surface area contributed by atoms with E-state index in [1.807, 2.05) is 0 Å². The summed E-state index contributed by atoms with van der Waals surface area (Å²) >= 11 is 0. The lowest BCUT2D eigenvalue weighted by atomic mass is 9.90. The van der Waals surface area contributed by atoms with Gasteiger partial charge in [-0.1, -0.05) is 31.9 Å². The first kappa shape index (κ1) is 19.4. The highest BCUT2D eigenvalue weighted by Gasteiger charge is 2.49. The first-order chi connectivity index (χ1) is 12.3. The van der Waals surface area contributed by atoms with Gasteiger partial charge in [0.2, 0.25) is 11.8 Å². The minimum atomic E-state index is -1.36. The van der Waals surface area contributed by atoms with Gasteiger partial charge in [-0.3, -0.25) is 19.3 Å². The molecule has 140 valence electrons. The van der Waals surface area contributed by atoms with E-state index in [0.717, 1.165) is 24.2 Å². The number of hydrogen-bond acceptors (Lipinski definition) is 4. The summed E-state index contributed by atoms with van der Waals surface area (Å²) in [4.78, 5) is 49.2. The van der Waals surface area contributed by atoms with Crippen molar-refractivity contribution in [3.63, 3.8) is 0 Å². The molecule has 4 N–H and O–H groups in total. The van der Waals surface area contributed by atoms with Crippen LogP contribution in [-0.2, 0) is 15.1 Å². The van der Waals surface area contributed by atoms with Crippen LogP contribution in [0.4, 0.5) is 4.79 Å². The Morgan fingerprint density at radius 2 is 2.00 bits per heavy atom. The van der Waals surface area contributed by atoms with Crippen molar-refractivity contribution in [2.45, 2.75) is 38.6 Å². The van der Waals surface area contributed by atoms with Gasteiger partial charge in [-0.2, -0.15) is 0 Å². The largest absolute Gasteiger partial charge is 0.366 e. The molecule has 0 bridgehead atoms. The number of primary amides is 1. The zero-order valence-electron chi connectivity index (χ0n) is 15.0. The zero-order chi connectivity index (χ0) is 19.3. The Hall–Kier alpha value is -2.90. The lowest BCUT2D eigenvalue weighted by Gasteiger charge is -2.22. The van der Waals surface area contributed by atoms with Gasteiger partial charge in [-0.15, -0.1) is 0 Å². The van der Waals surface area contributed by atoms with Crippen LogP contribution in [0.1, 0.15) is 49.0 Å². The molecule has 1 aliphatic rings. The van der Waals surface area contributed by atoms with E-state index >= 15 is 0 Å². The molecule has 8 heteroatoms. The number of nitrogens with one attached hydrogen (secondary N) is 2. The lowest BCUT2D eigenvalue weighted by Crippen LogP contribution is -2.43. The van der Waals surface area contributed by atoms with Crippen molar-refractivity contribution in [2.24, 2.45) is 5.73 Å². The second-order valence-corrected chi connectivity index (χ2v) is 6.45. The molecular weight excluding hydrogens is 336 g/mol. The van der Waals surface area contributed by atoms with Gasteiger partial charge >= 0.3 is 6.03 Å². The third-order valence-corrected chi connectivity index (χ3v) is 4.40. The van der Waals surface area contributed by atoms with E-state index in [2.05, 4.69) is 17.6 Å².